The first-order valence-corrected chi connectivity index (χ1v) is 11.6. The molecule has 0 amide bonds. The molecule has 27 heavy (non-hydrogen) atoms. The molecule has 8 atom stereocenters. The van der Waals surface area contributed by atoms with Crippen molar-refractivity contribution in [3.63, 3.8) is 0 Å². The number of fused-ring (bicyclic) bond motifs is 5. The highest BCUT2D eigenvalue weighted by molar-refractivity contribution is 5.87. The van der Waals surface area contributed by atoms with Crippen LogP contribution in [0.2, 0.25) is 0 Å². The number of aliphatic hydroxyl groups excluding tert-OH is 1. The molecule has 5 fully saturated rings. The van der Waals surface area contributed by atoms with Gasteiger partial charge < -0.3 is 10.4 Å². The molecule has 0 spiro atoms. The number of rotatable bonds is 1. The summed E-state index contributed by atoms with van der Waals surface area (Å²) in [6, 6.07) is 0.339. The number of nitrogens with one attached hydrogen (secondary N) is 1. The van der Waals surface area contributed by atoms with Gasteiger partial charge in [-0.25, -0.2) is 0 Å². The van der Waals surface area contributed by atoms with Crippen LogP contribution >= 0.6 is 0 Å². The van der Waals surface area contributed by atoms with E-state index in [1.165, 1.54) is 19.3 Å². The first kappa shape index (κ1) is 18.6. The average Bonchev–Trinajstić information content (AvgIpc) is 2.97. The maximum absolute atomic E-state index is 12.6. The highest BCUT2D eigenvalue weighted by atomic mass is 16.3. The molecule has 2 N–H and O–H groups in total. The molecule has 0 aromatic carbocycles. The Morgan fingerprint density at radius 2 is 1.85 bits per heavy atom. The van der Waals surface area contributed by atoms with Crippen molar-refractivity contribution in [2.75, 3.05) is 26.2 Å². The van der Waals surface area contributed by atoms with Crippen LogP contribution in [0.15, 0.2) is 0 Å². The molecule has 1 heterocycles. The summed E-state index contributed by atoms with van der Waals surface area (Å²) in [6.07, 6.45) is 8.88. The Hall–Kier alpha value is -0.450. The molecule has 4 nitrogen and oxygen atoms in total. The third kappa shape index (κ3) is 2.69. The molecule has 5 rings (SSSR count). The quantitative estimate of drug-likeness (QED) is 0.741. The first-order valence-electron chi connectivity index (χ1n) is 11.6. The second-order valence-electron chi connectivity index (χ2n) is 10.9. The summed E-state index contributed by atoms with van der Waals surface area (Å²) in [5.41, 5.74) is 0.334. The summed E-state index contributed by atoms with van der Waals surface area (Å²) >= 11 is 0. The fourth-order valence-electron chi connectivity index (χ4n) is 8.43. The van der Waals surface area contributed by atoms with Crippen LogP contribution in [0, 0.1) is 34.5 Å². The SMILES string of the molecule is C[C@]12C[C@H](N3CCNCC3)[C@@H](O)CC1CC[C@@H]1[C@@H]2CC[C@]2(C)C(=O)CC[C@@H]12. The topological polar surface area (TPSA) is 52.6 Å². The van der Waals surface area contributed by atoms with Crippen LogP contribution in [0.3, 0.4) is 0 Å². The van der Waals surface area contributed by atoms with E-state index in [4.69, 9.17) is 0 Å². The standard InChI is InChI=1S/C23H38N2O2/c1-22-8-7-18-16(17(22)5-6-21(22)27)4-3-15-13-20(26)19(14-23(15,18)2)25-11-9-24-10-12-25/h15-20,24,26H,3-14H2,1-2H3/t15?,16-,17-,18-,19-,20-,22-,23-/m0/s1. The monoisotopic (exact) mass is 374 g/mol. The molecule has 4 aliphatic carbocycles. The molecule has 4 saturated carbocycles. The summed E-state index contributed by atoms with van der Waals surface area (Å²) in [5.74, 6) is 3.37. The highest BCUT2D eigenvalue weighted by Crippen LogP contribution is 2.65. The predicted octanol–water partition coefficient (Wildman–Crippen LogP) is 2.84. The smallest absolute Gasteiger partial charge is 0.139 e. The number of hydrogen-bond acceptors (Lipinski definition) is 4. The van der Waals surface area contributed by atoms with Gasteiger partial charge in [-0.3, -0.25) is 9.69 Å². The van der Waals surface area contributed by atoms with E-state index in [1.54, 1.807) is 0 Å². The minimum absolute atomic E-state index is 0.0174. The van der Waals surface area contributed by atoms with Crippen LogP contribution in [0.5, 0.6) is 0 Å². The van der Waals surface area contributed by atoms with Crippen molar-refractivity contribution in [2.45, 2.75) is 77.4 Å². The number of carbonyl (C=O) groups is 1. The van der Waals surface area contributed by atoms with E-state index < -0.39 is 0 Å². The van der Waals surface area contributed by atoms with E-state index in [1.807, 2.05) is 0 Å². The van der Waals surface area contributed by atoms with E-state index in [2.05, 4.69) is 24.1 Å². The lowest BCUT2D eigenvalue weighted by Gasteiger charge is -2.62. The molecule has 4 heteroatoms. The lowest BCUT2D eigenvalue weighted by atomic mass is 9.44. The Morgan fingerprint density at radius 1 is 1.07 bits per heavy atom. The van der Waals surface area contributed by atoms with Crippen molar-refractivity contribution in [3.8, 4) is 0 Å². The number of carbonyl (C=O) groups excluding carboxylic acids is 1. The highest BCUT2D eigenvalue weighted by Gasteiger charge is 2.61. The van der Waals surface area contributed by atoms with Gasteiger partial charge in [-0.15, -0.1) is 0 Å². The van der Waals surface area contributed by atoms with Crippen molar-refractivity contribution in [1.82, 2.24) is 10.2 Å². The van der Waals surface area contributed by atoms with E-state index in [-0.39, 0.29) is 11.5 Å². The average molecular weight is 375 g/mol. The predicted molar refractivity (Wildman–Crippen MR) is 106 cm³/mol. The molecular weight excluding hydrogens is 336 g/mol. The summed E-state index contributed by atoms with van der Waals surface area (Å²) in [6.45, 7) is 9.11. The summed E-state index contributed by atoms with van der Waals surface area (Å²) in [4.78, 5) is 15.2. The Bertz CT molecular complexity index is 603. The number of Topliss-reactive ketones (excluding diaryl/α,β-unsaturated/α-hetero) is 1. The Labute approximate surface area is 164 Å². The van der Waals surface area contributed by atoms with Crippen LogP contribution in [-0.2, 0) is 4.79 Å². The Balaban J connectivity index is 1.41. The molecule has 0 aromatic rings. The fraction of sp³-hybridized carbons (Fsp3) is 0.957. The number of hydrogen-bond donors (Lipinski definition) is 2. The molecular formula is C23H38N2O2. The van der Waals surface area contributed by atoms with Crippen molar-refractivity contribution in [2.24, 2.45) is 34.5 Å². The van der Waals surface area contributed by atoms with Crippen molar-refractivity contribution in [1.29, 1.82) is 0 Å². The molecule has 1 saturated heterocycles. The summed E-state index contributed by atoms with van der Waals surface area (Å²) in [5, 5.41) is 14.4. The molecule has 0 aromatic heterocycles. The van der Waals surface area contributed by atoms with Gasteiger partial charge in [-0.2, -0.15) is 0 Å². The molecule has 0 bridgehead atoms. The molecule has 1 unspecified atom stereocenters. The number of piperazine rings is 1. The van der Waals surface area contributed by atoms with Crippen LogP contribution in [0.1, 0.15) is 65.2 Å². The van der Waals surface area contributed by atoms with E-state index >= 15 is 0 Å². The lowest BCUT2D eigenvalue weighted by molar-refractivity contribution is -0.153. The maximum Gasteiger partial charge on any atom is 0.139 e. The van der Waals surface area contributed by atoms with Crippen LogP contribution in [0.4, 0.5) is 0 Å². The molecule has 1 aliphatic heterocycles. The zero-order valence-electron chi connectivity index (χ0n) is 17.3. The number of nitrogens with zero attached hydrogens (tertiary/aromatic N) is 1. The number of aliphatic hydroxyl groups is 1. The van der Waals surface area contributed by atoms with Crippen LogP contribution in [0.25, 0.3) is 0 Å². The zero-order chi connectivity index (χ0) is 18.8. The molecule has 152 valence electrons. The lowest BCUT2D eigenvalue weighted by Crippen LogP contribution is -2.61. The van der Waals surface area contributed by atoms with Gasteiger partial charge in [0.05, 0.1) is 6.10 Å². The summed E-state index contributed by atoms with van der Waals surface area (Å²) in [7, 11) is 0. The van der Waals surface area contributed by atoms with Gasteiger partial charge in [0.1, 0.15) is 5.78 Å². The largest absolute Gasteiger partial charge is 0.391 e. The van der Waals surface area contributed by atoms with Gasteiger partial charge in [-0.1, -0.05) is 13.8 Å². The van der Waals surface area contributed by atoms with Gasteiger partial charge in [-0.05, 0) is 74.0 Å². The maximum atomic E-state index is 12.6. The summed E-state index contributed by atoms with van der Waals surface area (Å²) < 4.78 is 0. The third-order valence-electron chi connectivity index (χ3n) is 10.0. The zero-order valence-corrected chi connectivity index (χ0v) is 17.3. The van der Waals surface area contributed by atoms with Gasteiger partial charge in [0, 0.05) is 44.1 Å². The third-order valence-corrected chi connectivity index (χ3v) is 10.0. The molecule has 5 aliphatic rings. The Kier molecular flexibility index (Phi) is 4.49. The van der Waals surface area contributed by atoms with Crippen molar-refractivity contribution in [3.05, 3.63) is 0 Å². The minimum atomic E-state index is -0.153. The van der Waals surface area contributed by atoms with Crippen molar-refractivity contribution < 1.29 is 9.90 Å². The van der Waals surface area contributed by atoms with E-state index in [0.29, 0.717) is 29.1 Å². The van der Waals surface area contributed by atoms with Gasteiger partial charge >= 0.3 is 0 Å². The Morgan fingerprint density at radius 3 is 2.63 bits per heavy atom. The number of ketones is 1. The van der Waals surface area contributed by atoms with Crippen LogP contribution in [-0.4, -0.2) is 54.1 Å². The molecule has 0 radical (unpaired) electrons. The normalized spacial score (nSPS) is 53.5. The van der Waals surface area contributed by atoms with Gasteiger partial charge in [0.25, 0.3) is 0 Å². The fourth-order valence-corrected chi connectivity index (χ4v) is 8.43. The van der Waals surface area contributed by atoms with E-state index in [0.717, 1.165) is 70.1 Å². The minimum Gasteiger partial charge on any atom is -0.391 e. The van der Waals surface area contributed by atoms with E-state index in [9.17, 15) is 9.90 Å². The van der Waals surface area contributed by atoms with Crippen molar-refractivity contribution >= 4 is 5.78 Å². The van der Waals surface area contributed by atoms with Gasteiger partial charge in [0.2, 0.25) is 0 Å². The first-order chi connectivity index (χ1) is 12.9. The second kappa shape index (κ2) is 6.53. The second-order valence-corrected chi connectivity index (χ2v) is 10.9. The van der Waals surface area contributed by atoms with Crippen LogP contribution < -0.4 is 5.32 Å². The van der Waals surface area contributed by atoms with Gasteiger partial charge in [0.15, 0.2) is 0 Å².